The van der Waals surface area contributed by atoms with E-state index in [1.165, 1.54) is 0 Å². The molecular formula is C21H16Cl2N4O2. The fourth-order valence-electron chi connectivity index (χ4n) is 2.90. The van der Waals surface area contributed by atoms with Crippen LogP contribution in [-0.4, -0.2) is 28.0 Å². The first-order chi connectivity index (χ1) is 14.0. The average Bonchev–Trinajstić information content (AvgIpc) is 3.13. The Morgan fingerprint density at radius 2 is 1.72 bits per heavy atom. The summed E-state index contributed by atoms with van der Waals surface area (Å²) < 4.78 is 5.18. The quantitative estimate of drug-likeness (QED) is 0.480. The van der Waals surface area contributed by atoms with Crippen LogP contribution in [0.1, 0.15) is 15.9 Å². The summed E-state index contributed by atoms with van der Waals surface area (Å²) in [6.07, 6.45) is 0. The van der Waals surface area contributed by atoms with E-state index in [1.54, 1.807) is 36.2 Å². The molecule has 0 aliphatic heterocycles. The first-order valence-corrected chi connectivity index (χ1v) is 9.49. The van der Waals surface area contributed by atoms with Gasteiger partial charge in [-0.25, -0.2) is 0 Å². The van der Waals surface area contributed by atoms with Gasteiger partial charge in [0.2, 0.25) is 0 Å². The van der Waals surface area contributed by atoms with Crippen molar-refractivity contribution in [1.29, 1.82) is 0 Å². The maximum absolute atomic E-state index is 12.7. The molecule has 8 heteroatoms. The minimum absolute atomic E-state index is 0.218. The molecule has 0 spiro atoms. The Morgan fingerprint density at radius 3 is 2.41 bits per heavy atom. The number of benzene rings is 3. The molecule has 1 N–H and O–H groups in total. The highest BCUT2D eigenvalue weighted by Gasteiger charge is 2.15. The fourth-order valence-corrected chi connectivity index (χ4v) is 3.29. The number of anilines is 1. The highest BCUT2D eigenvalue weighted by atomic mass is 35.5. The summed E-state index contributed by atoms with van der Waals surface area (Å²) in [4.78, 5) is 14.2. The van der Waals surface area contributed by atoms with Crippen molar-refractivity contribution < 1.29 is 9.53 Å². The van der Waals surface area contributed by atoms with E-state index in [0.717, 1.165) is 22.5 Å². The third kappa shape index (κ3) is 3.77. The van der Waals surface area contributed by atoms with Gasteiger partial charge in [-0.3, -0.25) is 4.79 Å². The fraction of sp³-hybridized carbons (Fsp3) is 0.0952. The van der Waals surface area contributed by atoms with Crippen molar-refractivity contribution in [3.05, 3.63) is 75.8 Å². The Morgan fingerprint density at radius 1 is 1.03 bits per heavy atom. The lowest BCUT2D eigenvalue weighted by Gasteiger charge is -2.09. The highest BCUT2D eigenvalue weighted by molar-refractivity contribution is 6.44. The van der Waals surface area contributed by atoms with E-state index < -0.39 is 0 Å². The second-order valence-electron chi connectivity index (χ2n) is 6.40. The van der Waals surface area contributed by atoms with Crippen LogP contribution in [0.15, 0.2) is 54.6 Å². The summed E-state index contributed by atoms with van der Waals surface area (Å²) in [5.41, 5.74) is 3.96. The third-order valence-electron chi connectivity index (χ3n) is 4.47. The Bertz CT molecular complexity index is 1220. The Hall–Kier alpha value is -3.09. The molecule has 0 aliphatic carbocycles. The van der Waals surface area contributed by atoms with Gasteiger partial charge >= 0.3 is 0 Å². The zero-order valence-corrected chi connectivity index (χ0v) is 17.1. The van der Waals surface area contributed by atoms with Crippen LogP contribution in [0.5, 0.6) is 5.75 Å². The number of carbonyl (C=O) groups excluding carboxylic acids is 1. The van der Waals surface area contributed by atoms with E-state index in [9.17, 15) is 4.79 Å². The lowest BCUT2D eigenvalue weighted by Crippen LogP contribution is -2.13. The van der Waals surface area contributed by atoms with Gasteiger partial charge < -0.3 is 10.1 Å². The number of nitrogens with zero attached hydrogens (tertiary/aromatic N) is 3. The van der Waals surface area contributed by atoms with Gasteiger partial charge in [-0.2, -0.15) is 4.80 Å². The number of fused-ring (bicyclic) bond motifs is 1. The molecule has 1 heterocycles. The van der Waals surface area contributed by atoms with Gasteiger partial charge in [0.05, 0.1) is 28.4 Å². The maximum atomic E-state index is 12.7. The van der Waals surface area contributed by atoms with E-state index in [2.05, 4.69) is 15.5 Å². The molecule has 0 saturated carbocycles. The number of nitrogens with one attached hydrogen (secondary N) is 1. The number of carbonyl (C=O) groups is 1. The molecule has 0 fully saturated rings. The zero-order chi connectivity index (χ0) is 20.5. The van der Waals surface area contributed by atoms with E-state index in [0.29, 0.717) is 21.8 Å². The average molecular weight is 427 g/mol. The molecule has 4 rings (SSSR count). The number of ether oxygens (including phenoxy) is 1. The van der Waals surface area contributed by atoms with Crippen LogP contribution in [0, 0.1) is 6.92 Å². The lowest BCUT2D eigenvalue weighted by molar-refractivity contribution is 0.102. The molecule has 0 radical (unpaired) electrons. The number of aryl methyl sites for hydroxylation is 1. The topological polar surface area (TPSA) is 69.0 Å². The molecule has 0 atom stereocenters. The summed E-state index contributed by atoms with van der Waals surface area (Å²) in [6.45, 7) is 1.89. The lowest BCUT2D eigenvalue weighted by atomic mass is 10.1. The standard InChI is InChI=1S/C21H16Cl2N4O2/c1-12-10-18-19(26-27(25-18)13-6-8-14(29-2)9-7-13)11-17(12)24-21(28)15-4-3-5-16(22)20(15)23/h3-11H,1-2H3,(H,24,28). The van der Waals surface area contributed by atoms with Crippen molar-refractivity contribution in [3.63, 3.8) is 0 Å². The summed E-state index contributed by atoms with van der Waals surface area (Å²) in [5.74, 6) is 0.411. The second-order valence-corrected chi connectivity index (χ2v) is 7.18. The van der Waals surface area contributed by atoms with Crippen LogP contribution in [0.3, 0.4) is 0 Å². The molecule has 1 amide bonds. The predicted octanol–water partition coefficient (Wildman–Crippen LogP) is 5.30. The first-order valence-electron chi connectivity index (χ1n) is 8.74. The van der Waals surface area contributed by atoms with Crippen molar-refractivity contribution in [3.8, 4) is 11.4 Å². The molecule has 6 nitrogen and oxygen atoms in total. The van der Waals surface area contributed by atoms with Crippen LogP contribution >= 0.6 is 23.2 Å². The largest absolute Gasteiger partial charge is 0.497 e. The molecule has 0 aliphatic rings. The zero-order valence-electron chi connectivity index (χ0n) is 15.6. The van der Waals surface area contributed by atoms with Crippen molar-refractivity contribution >= 4 is 45.8 Å². The summed E-state index contributed by atoms with van der Waals surface area (Å²) in [7, 11) is 1.62. The van der Waals surface area contributed by atoms with Crippen molar-refractivity contribution in [1.82, 2.24) is 15.0 Å². The second kappa shape index (κ2) is 7.73. The molecule has 4 aromatic rings. The molecular weight excluding hydrogens is 411 g/mol. The number of amides is 1. The van der Waals surface area contributed by atoms with Gasteiger partial charge in [0.1, 0.15) is 16.8 Å². The Kier molecular flexibility index (Phi) is 5.13. The van der Waals surface area contributed by atoms with Gasteiger partial charge in [-0.15, -0.1) is 10.2 Å². The number of aromatic nitrogens is 3. The maximum Gasteiger partial charge on any atom is 0.257 e. The van der Waals surface area contributed by atoms with E-state index >= 15 is 0 Å². The van der Waals surface area contributed by atoms with Crippen molar-refractivity contribution in [2.45, 2.75) is 6.92 Å². The normalized spacial score (nSPS) is 10.9. The number of hydrogen-bond donors (Lipinski definition) is 1. The minimum atomic E-state index is -0.345. The minimum Gasteiger partial charge on any atom is -0.497 e. The van der Waals surface area contributed by atoms with Gasteiger partial charge in [-0.05, 0) is 61.0 Å². The molecule has 0 bridgehead atoms. The number of halogens is 2. The molecule has 29 heavy (non-hydrogen) atoms. The van der Waals surface area contributed by atoms with Gasteiger partial charge in [0.15, 0.2) is 0 Å². The highest BCUT2D eigenvalue weighted by Crippen LogP contribution is 2.28. The molecule has 146 valence electrons. The van der Waals surface area contributed by atoms with Gasteiger partial charge in [-0.1, -0.05) is 29.3 Å². The van der Waals surface area contributed by atoms with Crippen LogP contribution in [0.2, 0.25) is 10.0 Å². The summed E-state index contributed by atoms with van der Waals surface area (Å²) in [6, 6.07) is 16.0. The number of methoxy groups -OCH3 is 1. The van der Waals surface area contributed by atoms with Crippen LogP contribution in [-0.2, 0) is 0 Å². The first kappa shape index (κ1) is 19.2. The Balaban J connectivity index is 1.66. The molecule has 0 unspecified atom stereocenters. The predicted molar refractivity (Wildman–Crippen MR) is 115 cm³/mol. The van der Waals surface area contributed by atoms with Crippen LogP contribution in [0.4, 0.5) is 5.69 Å². The van der Waals surface area contributed by atoms with Crippen molar-refractivity contribution in [2.24, 2.45) is 0 Å². The smallest absolute Gasteiger partial charge is 0.257 e. The number of rotatable bonds is 4. The van der Waals surface area contributed by atoms with Gasteiger partial charge in [0.25, 0.3) is 5.91 Å². The monoisotopic (exact) mass is 426 g/mol. The van der Waals surface area contributed by atoms with Crippen LogP contribution < -0.4 is 10.1 Å². The van der Waals surface area contributed by atoms with Crippen LogP contribution in [0.25, 0.3) is 16.7 Å². The molecule has 1 aromatic heterocycles. The SMILES string of the molecule is COc1ccc(-n2nc3cc(C)c(NC(=O)c4cccc(Cl)c4Cl)cc3n2)cc1. The Labute approximate surface area is 177 Å². The van der Waals surface area contributed by atoms with E-state index in [4.69, 9.17) is 27.9 Å². The van der Waals surface area contributed by atoms with E-state index in [-0.39, 0.29) is 10.9 Å². The number of hydrogen-bond acceptors (Lipinski definition) is 4. The molecule has 3 aromatic carbocycles. The summed E-state index contributed by atoms with van der Waals surface area (Å²) in [5, 5.41) is 12.5. The third-order valence-corrected chi connectivity index (χ3v) is 5.29. The van der Waals surface area contributed by atoms with Crippen molar-refractivity contribution in [2.75, 3.05) is 12.4 Å². The van der Waals surface area contributed by atoms with E-state index in [1.807, 2.05) is 37.3 Å². The molecule has 0 saturated heterocycles. The van der Waals surface area contributed by atoms with Gasteiger partial charge in [0, 0.05) is 5.69 Å². The summed E-state index contributed by atoms with van der Waals surface area (Å²) >= 11 is 12.2.